The summed E-state index contributed by atoms with van der Waals surface area (Å²) in [5.74, 6) is 0.699. The minimum Gasteiger partial charge on any atom is -0.0744 e. The van der Waals surface area contributed by atoms with Crippen LogP contribution in [0.25, 0.3) is 0 Å². The quantitative estimate of drug-likeness (QED) is 0.637. The van der Waals surface area contributed by atoms with E-state index in [-0.39, 0.29) is 0 Å². The summed E-state index contributed by atoms with van der Waals surface area (Å²) in [6, 6.07) is 0. The van der Waals surface area contributed by atoms with Crippen LogP contribution in [0.15, 0.2) is 10.6 Å². The van der Waals surface area contributed by atoms with Crippen LogP contribution in [0.5, 0.6) is 0 Å². The SMILES string of the molecule is CC/C=C(/Br)C(C)CC. The Morgan fingerprint density at radius 1 is 1.56 bits per heavy atom. The summed E-state index contributed by atoms with van der Waals surface area (Å²) in [7, 11) is 0. The summed E-state index contributed by atoms with van der Waals surface area (Å²) >= 11 is 3.52. The van der Waals surface area contributed by atoms with Gasteiger partial charge in [-0.1, -0.05) is 42.8 Å². The fourth-order valence-corrected chi connectivity index (χ4v) is 1.24. The molecule has 1 atom stereocenters. The van der Waals surface area contributed by atoms with Gasteiger partial charge in [0.2, 0.25) is 0 Å². The van der Waals surface area contributed by atoms with Crippen LogP contribution in [-0.4, -0.2) is 0 Å². The Kier molecular flexibility index (Phi) is 5.16. The molecule has 0 aliphatic carbocycles. The van der Waals surface area contributed by atoms with Gasteiger partial charge in [0.05, 0.1) is 0 Å². The summed E-state index contributed by atoms with van der Waals surface area (Å²) in [5, 5.41) is 0. The van der Waals surface area contributed by atoms with Crippen LogP contribution in [0.2, 0.25) is 0 Å². The Bertz CT molecular complexity index is 94.7. The van der Waals surface area contributed by atoms with Gasteiger partial charge in [-0.3, -0.25) is 0 Å². The Morgan fingerprint density at radius 2 is 2.11 bits per heavy atom. The van der Waals surface area contributed by atoms with Gasteiger partial charge in [0, 0.05) is 0 Å². The summed E-state index contributed by atoms with van der Waals surface area (Å²) in [5.41, 5.74) is 0. The molecule has 54 valence electrons. The molecule has 0 aromatic rings. The molecular weight excluding hydrogens is 176 g/mol. The minimum atomic E-state index is 0.699. The third-order valence-electron chi connectivity index (χ3n) is 1.48. The third kappa shape index (κ3) is 3.74. The number of halogens is 1. The lowest BCUT2D eigenvalue weighted by Crippen LogP contribution is -1.89. The molecule has 0 nitrogen and oxygen atoms in total. The lowest BCUT2D eigenvalue weighted by atomic mass is 10.1. The molecule has 0 saturated heterocycles. The van der Waals surface area contributed by atoms with Crippen molar-refractivity contribution in [2.24, 2.45) is 5.92 Å². The first-order valence-electron chi connectivity index (χ1n) is 3.57. The van der Waals surface area contributed by atoms with E-state index in [1.807, 2.05) is 0 Å². The molecule has 0 aromatic carbocycles. The molecule has 0 aromatic heterocycles. The molecule has 0 amide bonds. The van der Waals surface area contributed by atoms with E-state index in [4.69, 9.17) is 0 Å². The van der Waals surface area contributed by atoms with Gasteiger partial charge in [-0.05, 0) is 23.2 Å². The van der Waals surface area contributed by atoms with Crippen molar-refractivity contribution < 1.29 is 0 Å². The molecule has 0 N–H and O–H groups in total. The molecule has 0 rings (SSSR count). The standard InChI is InChI=1S/C8H15Br/c1-4-6-8(9)7(3)5-2/h6-7H,4-5H2,1-3H3/b8-6+. The van der Waals surface area contributed by atoms with Crippen molar-refractivity contribution in [2.45, 2.75) is 33.6 Å². The van der Waals surface area contributed by atoms with Crippen LogP contribution in [0, 0.1) is 5.92 Å². The largest absolute Gasteiger partial charge is 0.0744 e. The zero-order valence-corrected chi connectivity index (χ0v) is 8.03. The summed E-state index contributed by atoms with van der Waals surface area (Å²) in [4.78, 5) is 0. The molecular formula is C8H15Br. The Morgan fingerprint density at radius 3 is 2.44 bits per heavy atom. The fourth-order valence-electron chi connectivity index (χ4n) is 0.591. The van der Waals surface area contributed by atoms with Crippen molar-refractivity contribution in [3.05, 3.63) is 10.6 Å². The smallest absolute Gasteiger partial charge is 0.00612 e. The van der Waals surface area contributed by atoms with Gasteiger partial charge in [-0.25, -0.2) is 0 Å². The molecule has 0 bridgehead atoms. The molecule has 0 spiro atoms. The zero-order valence-electron chi connectivity index (χ0n) is 6.45. The third-order valence-corrected chi connectivity index (χ3v) is 2.59. The van der Waals surface area contributed by atoms with E-state index >= 15 is 0 Å². The lowest BCUT2D eigenvalue weighted by molar-refractivity contribution is 0.687. The molecule has 0 fully saturated rings. The second-order valence-electron chi connectivity index (χ2n) is 2.31. The van der Waals surface area contributed by atoms with E-state index in [2.05, 4.69) is 42.8 Å². The second-order valence-corrected chi connectivity index (χ2v) is 3.22. The monoisotopic (exact) mass is 190 g/mol. The normalized spacial score (nSPS) is 15.8. The van der Waals surface area contributed by atoms with Crippen LogP contribution >= 0.6 is 15.9 Å². The lowest BCUT2D eigenvalue weighted by Gasteiger charge is -2.05. The Hall–Kier alpha value is 0.220. The topological polar surface area (TPSA) is 0 Å². The molecule has 0 saturated carbocycles. The van der Waals surface area contributed by atoms with E-state index in [1.54, 1.807) is 0 Å². The van der Waals surface area contributed by atoms with Crippen molar-refractivity contribution in [3.8, 4) is 0 Å². The van der Waals surface area contributed by atoms with E-state index in [0.717, 1.165) is 6.42 Å². The number of hydrogen-bond donors (Lipinski definition) is 0. The van der Waals surface area contributed by atoms with Gasteiger partial charge in [-0.15, -0.1) is 0 Å². The molecule has 0 aliphatic rings. The van der Waals surface area contributed by atoms with Crippen LogP contribution in [-0.2, 0) is 0 Å². The highest BCUT2D eigenvalue weighted by Crippen LogP contribution is 2.20. The van der Waals surface area contributed by atoms with Gasteiger partial charge in [-0.2, -0.15) is 0 Å². The van der Waals surface area contributed by atoms with Crippen molar-refractivity contribution in [2.75, 3.05) is 0 Å². The van der Waals surface area contributed by atoms with E-state index in [0.29, 0.717) is 5.92 Å². The first-order valence-corrected chi connectivity index (χ1v) is 4.37. The van der Waals surface area contributed by atoms with E-state index < -0.39 is 0 Å². The highest BCUT2D eigenvalue weighted by atomic mass is 79.9. The van der Waals surface area contributed by atoms with Gasteiger partial charge < -0.3 is 0 Å². The van der Waals surface area contributed by atoms with Gasteiger partial charge in [0.25, 0.3) is 0 Å². The Balaban J connectivity index is 3.70. The van der Waals surface area contributed by atoms with Gasteiger partial charge in [0.1, 0.15) is 0 Å². The van der Waals surface area contributed by atoms with Crippen molar-refractivity contribution in [1.82, 2.24) is 0 Å². The second kappa shape index (κ2) is 5.04. The van der Waals surface area contributed by atoms with Crippen LogP contribution in [0.4, 0.5) is 0 Å². The van der Waals surface area contributed by atoms with Crippen molar-refractivity contribution >= 4 is 15.9 Å². The minimum absolute atomic E-state index is 0.699. The fraction of sp³-hybridized carbons (Fsp3) is 0.750. The summed E-state index contributed by atoms with van der Waals surface area (Å²) in [6.45, 7) is 6.59. The zero-order chi connectivity index (χ0) is 7.28. The molecule has 9 heavy (non-hydrogen) atoms. The maximum atomic E-state index is 3.52. The first kappa shape index (κ1) is 9.22. The average molecular weight is 191 g/mol. The highest BCUT2D eigenvalue weighted by Gasteiger charge is 1.99. The van der Waals surface area contributed by atoms with E-state index in [1.165, 1.54) is 10.9 Å². The Labute approximate surface area is 66.5 Å². The molecule has 0 heterocycles. The molecule has 0 aliphatic heterocycles. The highest BCUT2D eigenvalue weighted by molar-refractivity contribution is 9.11. The van der Waals surface area contributed by atoms with Crippen LogP contribution in [0.1, 0.15) is 33.6 Å². The molecule has 1 unspecified atom stereocenters. The predicted molar refractivity (Wildman–Crippen MR) is 46.8 cm³/mol. The van der Waals surface area contributed by atoms with Crippen LogP contribution < -0.4 is 0 Å². The summed E-state index contributed by atoms with van der Waals surface area (Å²) < 4.78 is 1.35. The number of hydrogen-bond acceptors (Lipinski definition) is 0. The summed E-state index contributed by atoms with van der Waals surface area (Å²) in [6.07, 6.45) is 4.58. The maximum Gasteiger partial charge on any atom is -0.00612 e. The average Bonchev–Trinajstić information content (AvgIpc) is 1.87. The van der Waals surface area contributed by atoms with Gasteiger partial charge in [0.15, 0.2) is 0 Å². The van der Waals surface area contributed by atoms with Gasteiger partial charge >= 0.3 is 0 Å². The van der Waals surface area contributed by atoms with E-state index in [9.17, 15) is 0 Å². The van der Waals surface area contributed by atoms with Crippen LogP contribution in [0.3, 0.4) is 0 Å². The predicted octanol–water partition coefficient (Wildman–Crippen LogP) is 3.72. The first-order chi connectivity index (χ1) is 4.22. The molecule has 1 heteroatoms. The van der Waals surface area contributed by atoms with Crippen molar-refractivity contribution in [1.29, 1.82) is 0 Å². The number of allylic oxidation sites excluding steroid dienone is 2. The maximum absolute atomic E-state index is 3.52. The number of rotatable bonds is 3. The molecule has 0 radical (unpaired) electrons. The van der Waals surface area contributed by atoms with Crippen molar-refractivity contribution in [3.63, 3.8) is 0 Å².